The number of carbonyl (C=O) groups is 1. The Balaban J connectivity index is 2.12. The highest BCUT2D eigenvalue weighted by molar-refractivity contribution is 5.73. The molecule has 2 N–H and O–H groups in total. The van der Waals surface area contributed by atoms with E-state index in [1.54, 1.807) is 14.1 Å². The van der Waals surface area contributed by atoms with Crippen molar-refractivity contribution in [2.75, 3.05) is 27.2 Å². The van der Waals surface area contributed by atoms with Crippen molar-refractivity contribution in [1.82, 2.24) is 15.5 Å². The van der Waals surface area contributed by atoms with Gasteiger partial charge in [0.25, 0.3) is 0 Å². The summed E-state index contributed by atoms with van der Waals surface area (Å²) in [6, 6.07) is 2.55. The molecule has 2 atom stereocenters. The summed E-state index contributed by atoms with van der Waals surface area (Å²) in [6.07, 6.45) is 3.19. The quantitative estimate of drug-likeness (QED) is 0.685. The summed E-state index contributed by atoms with van der Waals surface area (Å²) < 4.78 is 0. The van der Waals surface area contributed by atoms with Gasteiger partial charge in [-0.1, -0.05) is 6.42 Å². The lowest BCUT2D eigenvalue weighted by molar-refractivity contribution is 0.217. The summed E-state index contributed by atoms with van der Waals surface area (Å²) in [7, 11) is 3.43. The third-order valence-electron chi connectivity index (χ3n) is 2.90. The number of nitriles is 1. The Hall–Kier alpha value is -1.28. The Kier molecular flexibility index (Phi) is 5.06. The molecule has 0 bridgehead atoms. The van der Waals surface area contributed by atoms with Crippen molar-refractivity contribution in [1.29, 1.82) is 5.26 Å². The van der Waals surface area contributed by atoms with Crippen LogP contribution in [0.1, 0.15) is 19.3 Å². The van der Waals surface area contributed by atoms with Crippen LogP contribution >= 0.6 is 0 Å². The Bertz CT molecular complexity index is 272. The Morgan fingerprint density at radius 1 is 1.44 bits per heavy atom. The van der Waals surface area contributed by atoms with Crippen LogP contribution in [-0.2, 0) is 0 Å². The van der Waals surface area contributed by atoms with Gasteiger partial charge in [-0.05, 0) is 12.8 Å². The largest absolute Gasteiger partial charge is 0.337 e. The van der Waals surface area contributed by atoms with Crippen molar-refractivity contribution < 1.29 is 4.79 Å². The van der Waals surface area contributed by atoms with Crippen LogP contribution in [0.2, 0.25) is 0 Å². The third-order valence-corrected chi connectivity index (χ3v) is 2.90. The molecule has 1 fully saturated rings. The van der Waals surface area contributed by atoms with Crippen molar-refractivity contribution >= 4 is 6.03 Å². The number of urea groups is 1. The molecule has 0 saturated heterocycles. The molecule has 0 aliphatic heterocycles. The number of hydrogen-bond acceptors (Lipinski definition) is 3. The maximum Gasteiger partial charge on any atom is 0.316 e. The minimum absolute atomic E-state index is 0.0787. The molecule has 1 rings (SSSR count). The van der Waals surface area contributed by atoms with Crippen molar-refractivity contribution in [3.05, 3.63) is 0 Å². The average Bonchev–Trinajstić information content (AvgIpc) is 2.71. The van der Waals surface area contributed by atoms with Gasteiger partial charge in [-0.15, -0.1) is 0 Å². The smallest absolute Gasteiger partial charge is 0.316 e. The molecule has 0 spiro atoms. The van der Waals surface area contributed by atoms with E-state index in [0.717, 1.165) is 25.8 Å². The first-order valence-electron chi connectivity index (χ1n) is 5.73. The second kappa shape index (κ2) is 6.33. The van der Waals surface area contributed by atoms with E-state index in [0.29, 0.717) is 12.6 Å². The third kappa shape index (κ3) is 3.70. The van der Waals surface area contributed by atoms with Gasteiger partial charge >= 0.3 is 6.03 Å². The van der Waals surface area contributed by atoms with Crippen LogP contribution in [0.5, 0.6) is 0 Å². The van der Waals surface area contributed by atoms with E-state index in [2.05, 4.69) is 16.7 Å². The summed E-state index contributed by atoms with van der Waals surface area (Å²) in [5, 5.41) is 15.0. The predicted molar refractivity (Wildman–Crippen MR) is 61.8 cm³/mol. The first-order valence-corrected chi connectivity index (χ1v) is 5.73. The van der Waals surface area contributed by atoms with E-state index < -0.39 is 0 Å². The topological polar surface area (TPSA) is 68.2 Å². The standard InChI is InChI=1S/C11H20N4O/c1-15(2)11(16)14-7-6-13-10-5-3-4-9(10)8-12/h9-10,13H,3-7H2,1-2H3,(H,14,16). The number of amides is 2. The number of rotatable bonds is 4. The van der Waals surface area contributed by atoms with Gasteiger partial charge in [0.1, 0.15) is 0 Å². The molecule has 0 aromatic rings. The minimum atomic E-state index is -0.0787. The zero-order valence-electron chi connectivity index (χ0n) is 9.99. The number of carbonyl (C=O) groups excluding carboxylic acids is 1. The zero-order valence-corrected chi connectivity index (χ0v) is 9.99. The Morgan fingerprint density at radius 2 is 2.19 bits per heavy atom. The van der Waals surface area contributed by atoms with Crippen molar-refractivity contribution in [3.63, 3.8) is 0 Å². The number of nitrogens with zero attached hydrogens (tertiary/aromatic N) is 2. The molecular weight excluding hydrogens is 204 g/mol. The Labute approximate surface area is 96.8 Å². The summed E-state index contributed by atoms with van der Waals surface area (Å²) in [4.78, 5) is 12.7. The van der Waals surface area contributed by atoms with E-state index in [4.69, 9.17) is 5.26 Å². The lowest BCUT2D eigenvalue weighted by Gasteiger charge is -2.16. The molecule has 2 unspecified atom stereocenters. The molecule has 16 heavy (non-hydrogen) atoms. The summed E-state index contributed by atoms with van der Waals surface area (Å²) in [5.74, 6) is 0.143. The van der Waals surface area contributed by atoms with Crippen LogP contribution in [-0.4, -0.2) is 44.2 Å². The molecule has 90 valence electrons. The average molecular weight is 224 g/mol. The van der Waals surface area contributed by atoms with E-state index in [9.17, 15) is 4.79 Å². The van der Waals surface area contributed by atoms with Crippen molar-refractivity contribution in [2.45, 2.75) is 25.3 Å². The van der Waals surface area contributed by atoms with Crippen LogP contribution in [0.3, 0.4) is 0 Å². The predicted octanol–water partition coefficient (Wildman–Crippen LogP) is 0.539. The van der Waals surface area contributed by atoms with E-state index in [1.807, 2.05) is 0 Å². The molecule has 2 amide bonds. The first-order chi connectivity index (χ1) is 7.65. The van der Waals surface area contributed by atoms with E-state index >= 15 is 0 Å². The van der Waals surface area contributed by atoms with E-state index in [-0.39, 0.29) is 11.9 Å². The molecular formula is C11H20N4O. The highest BCUT2D eigenvalue weighted by atomic mass is 16.2. The zero-order chi connectivity index (χ0) is 12.0. The SMILES string of the molecule is CN(C)C(=O)NCCNC1CCCC1C#N. The van der Waals surface area contributed by atoms with Crippen LogP contribution < -0.4 is 10.6 Å². The molecule has 5 nitrogen and oxygen atoms in total. The monoisotopic (exact) mass is 224 g/mol. The highest BCUT2D eigenvalue weighted by Crippen LogP contribution is 2.24. The maximum atomic E-state index is 11.2. The van der Waals surface area contributed by atoms with Crippen LogP contribution in [0.15, 0.2) is 0 Å². The normalized spacial score (nSPS) is 23.8. The van der Waals surface area contributed by atoms with Gasteiger partial charge in [-0.25, -0.2) is 4.79 Å². The van der Waals surface area contributed by atoms with Crippen LogP contribution in [0.4, 0.5) is 4.79 Å². The van der Waals surface area contributed by atoms with Gasteiger partial charge in [-0.3, -0.25) is 0 Å². The van der Waals surface area contributed by atoms with Crippen molar-refractivity contribution in [3.8, 4) is 6.07 Å². The molecule has 1 saturated carbocycles. The maximum absolute atomic E-state index is 11.2. The van der Waals surface area contributed by atoms with Gasteiger partial charge in [0.2, 0.25) is 0 Å². The second-order valence-corrected chi connectivity index (χ2v) is 4.35. The fraction of sp³-hybridized carbons (Fsp3) is 0.818. The number of nitrogens with one attached hydrogen (secondary N) is 2. The number of hydrogen-bond donors (Lipinski definition) is 2. The van der Waals surface area contributed by atoms with Gasteiger partial charge in [0.05, 0.1) is 12.0 Å². The van der Waals surface area contributed by atoms with Crippen molar-refractivity contribution in [2.24, 2.45) is 5.92 Å². The highest BCUT2D eigenvalue weighted by Gasteiger charge is 2.26. The Morgan fingerprint density at radius 3 is 2.81 bits per heavy atom. The summed E-state index contributed by atoms with van der Waals surface area (Å²) in [6.45, 7) is 1.33. The lowest BCUT2D eigenvalue weighted by atomic mass is 10.1. The second-order valence-electron chi connectivity index (χ2n) is 4.35. The van der Waals surface area contributed by atoms with Crippen LogP contribution in [0, 0.1) is 17.2 Å². The molecule has 1 aliphatic carbocycles. The molecule has 0 radical (unpaired) electrons. The fourth-order valence-electron chi connectivity index (χ4n) is 1.94. The fourth-order valence-corrected chi connectivity index (χ4v) is 1.94. The molecule has 1 aliphatic rings. The molecule has 0 aromatic carbocycles. The lowest BCUT2D eigenvalue weighted by Crippen LogP contribution is -2.41. The summed E-state index contributed by atoms with van der Waals surface area (Å²) >= 11 is 0. The van der Waals surface area contributed by atoms with E-state index in [1.165, 1.54) is 4.90 Å². The molecule has 0 aromatic heterocycles. The summed E-state index contributed by atoms with van der Waals surface area (Å²) in [5.41, 5.74) is 0. The van der Waals surface area contributed by atoms with Crippen LogP contribution in [0.25, 0.3) is 0 Å². The molecule has 5 heteroatoms. The minimum Gasteiger partial charge on any atom is -0.337 e. The van der Waals surface area contributed by atoms with Gasteiger partial charge in [0.15, 0.2) is 0 Å². The van der Waals surface area contributed by atoms with Gasteiger partial charge < -0.3 is 15.5 Å². The van der Waals surface area contributed by atoms with Gasteiger partial charge in [-0.2, -0.15) is 5.26 Å². The first kappa shape index (κ1) is 12.8. The molecule has 0 heterocycles. The van der Waals surface area contributed by atoms with Gasteiger partial charge in [0, 0.05) is 33.2 Å².